The molecule has 48 valence electrons. The van der Waals surface area contributed by atoms with Crippen molar-refractivity contribution in [3.8, 4) is 0 Å². The molecular weight excluding hydrogens is 188 g/mol. The number of ether oxygens (including phenoxy) is 2. The normalized spacial score (nSPS) is 40.1. The molecule has 0 bridgehead atoms. The molecule has 1 aliphatic heterocycles. The van der Waals surface area contributed by atoms with Gasteiger partial charge in [-0.3, -0.25) is 0 Å². The third-order valence-electron chi connectivity index (χ3n) is 0.991. The summed E-state index contributed by atoms with van der Waals surface area (Å²) in [5.74, 6) is 0. The van der Waals surface area contributed by atoms with E-state index in [4.69, 9.17) is 21.1 Å². The van der Waals surface area contributed by atoms with Crippen molar-refractivity contribution in [2.75, 3.05) is 19.8 Å². The van der Waals surface area contributed by atoms with Crippen LogP contribution in [0, 0.1) is 0 Å². The number of rotatable bonds is 0. The van der Waals surface area contributed by atoms with E-state index in [1.54, 1.807) is 0 Å². The van der Waals surface area contributed by atoms with Gasteiger partial charge in [-0.05, 0) is 0 Å². The average molecular weight is 197 g/mol. The Labute approximate surface area is 61.7 Å². The molecule has 0 amide bonds. The van der Waals surface area contributed by atoms with Gasteiger partial charge in [-0.25, -0.2) is 0 Å². The van der Waals surface area contributed by atoms with E-state index >= 15 is 0 Å². The Hall–Kier alpha value is 0.753. The van der Waals surface area contributed by atoms with Crippen molar-refractivity contribution in [1.29, 1.82) is 0 Å². The molecule has 0 aromatic heterocycles. The topological polar surface area (TPSA) is 18.5 Å². The second-order valence-electron chi connectivity index (χ2n) is 2.00. The van der Waals surface area contributed by atoms with Crippen molar-refractivity contribution in [1.82, 2.24) is 0 Å². The second kappa shape index (κ2) is 2.56. The van der Waals surface area contributed by atoms with Crippen LogP contribution in [0.25, 0.3) is 0 Å². The van der Waals surface area contributed by atoms with Crippen LogP contribution in [0.2, 0.25) is 0 Å². The van der Waals surface area contributed by atoms with Crippen LogP contribution in [0.4, 0.5) is 0 Å². The summed E-state index contributed by atoms with van der Waals surface area (Å²) < 4.78 is 9.88. The van der Waals surface area contributed by atoms with Crippen molar-refractivity contribution >= 4 is 28.1 Å². The van der Waals surface area contributed by atoms with Gasteiger partial charge in [0.2, 0.25) is 0 Å². The molecule has 0 radical (unpaired) electrons. The van der Waals surface area contributed by atoms with E-state index in [2.05, 4.69) is 0 Å². The molecule has 1 aliphatic rings. The zero-order chi connectivity index (χ0) is 6.04. The summed E-state index contributed by atoms with van der Waals surface area (Å²) in [5, 5.41) is 0. The van der Waals surface area contributed by atoms with Crippen molar-refractivity contribution in [3.63, 3.8) is 0 Å². The van der Waals surface area contributed by atoms with E-state index < -0.39 is 0 Å². The molecule has 0 saturated carbocycles. The molecule has 1 atom stereocenters. The number of hydrogen-bond acceptors (Lipinski definition) is 2. The predicted octanol–water partition coefficient (Wildman–Crippen LogP) is -0.709. The second-order valence-corrected chi connectivity index (χ2v) is 7.52. The van der Waals surface area contributed by atoms with Crippen LogP contribution in [0.1, 0.15) is 0 Å². The Kier molecular flexibility index (Phi) is 2.20. The summed E-state index contributed by atoms with van der Waals surface area (Å²) in [6, 6.07) is 0. The monoisotopic (exact) mass is 198 g/mol. The molecule has 1 heterocycles. The molecule has 0 aromatic carbocycles. The number of hydrogen-bond donors (Lipinski definition) is 0. The van der Waals surface area contributed by atoms with Crippen molar-refractivity contribution in [2.24, 2.45) is 0 Å². The van der Waals surface area contributed by atoms with E-state index in [-0.39, 0.29) is 3.89 Å². The van der Waals surface area contributed by atoms with Gasteiger partial charge in [0.25, 0.3) is 0 Å². The zero-order valence-electron chi connectivity index (χ0n) is 4.82. The van der Waals surface area contributed by atoms with Crippen molar-refractivity contribution < 1.29 is 9.47 Å². The summed E-state index contributed by atoms with van der Waals surface area (Å²) in [4.78, 5) is 0. The van der Waals surface area contributed by atoms with Crippen LogP contribution in [0.15, 0.2) is 0 Å². The molecule has 0 aromatic rings. The van der Waals surface area contributed by atoms with Crippen LogP contribution in [-0.4, -0.2) is 40.2 Å². The number of halogens is 1. The molecule has 1 rings (SSSR count). The first-order valence-electron chi connectivity index (χ1n) is 2.61. The van der Waals surface area contributed by atoms with Gasteiger partial charge < -0.3 is 0 Å². The quantitative estimate of drug-likeness (QED) is 0.377. The molecule has 1 unspecified atom stereocenters. The van der Waals surface area contributed by atoms with Crippen LogP contribution in [-0.2, 0) is 9.47 Å². The average Bonchev–Trinajstić information content (AvgIpc) is 1.65. The van der Waals surface area contributed by atoms with E-state index in [1.807, 2.05) is 0 Å². The van der Waals surface area contributed by atoms with Crippen LogP contribution >= 0.6 is 11.6 Å². The molecule has 0 N–H and O–H groups in total. The summed E-state index contributed by atoms with van der Waals surface area (Å²) in [6.07, 6.45) is 0. The fourth-order valence-corrected chi connectivity index (χ4v) is 1.62. The van der Waals surface area contributed by atoms with Crippen LogP contribution in [0.3, 0.4) is 0 Å². The van der Waals surface area contributed by atoms with Gasteiger partial charge in [0, 0.05) is 0 Å². The number of alkyl halides is 1. The van der Waals surface area contributed by atoms with Gasteiger partial charge in [-0.2, -0.15) is 0 Å². The van der Waals surface area contributed by atoms with Gasteiger partial charge >= 0.3 is 61.3 Å². The third kappa shape index (κ3) is 1.93. The molecule has 4 heteroatoms. The molecule has 8 heavy (non-hydrogen) atoms. The van der Waals surface area contributed by atoms with Crippen molar-refractivity contribution in [2.45, 2.75) is 3.89 Å². The van der Waals surface area contributed by atoms with Gasteiger partial charge in [0.05, 0.1) is 0 Å². The molecule has 1 fully saturated rings. The Morgan fingerprint density at radius 2 is 2.25 bits per heavy atom. The fourth-order valence-electron chi connectivity index (χ4n) is 0.610. The summed E-state index contributed by atoms with van der Waals surface area (Å²) in [6.45, 7) is 1.93. The molecule has 0 aliphatic carbocycles. The maximum atomic E-state index is 5.81. The minimum absolute atomic E-state index is 0.384. The van der Waals surface area contributed by atoms with Gasteiger partial charge in [-0.1, -0.05) is 0 Å². The van der Waals surface area contributed by atoms with Gasteiger partial charge in [0.15, 0.2) is 0 Å². The zero-order valence-corrected chi connectivity index (χ0v) is 9.77. The first kappa shape index (κ1) is 6.87. The first-order chi connectivity index (χ1) is 3.71. The molecule has 2 nitrogen and oxygen atoms in total. The predicted molar refractivity (Wildman–Crippen MR) is 35.3 cm³/mol. The Morgan fingerprint density at radius 1 is 1.50 bits per heavy atom. The van der Waals surface area contributed by atoms with Gasteiger partial charge in [0.1, 0.15) is 0 Å². The third-order valence-corrected chi connectivity index (χ3v) is 2.42. The molecule has 1 saturated heterocycles. The Morgan fingerprint density at radius 3 is 2.50 bits per heavy atom. The fraction of sp³-hybridized carbons (Fsp3) is 1.00. The standard InChI is InChI=1S/C4H9ClGeO2/c5-4(6)3-7-1-2-8-4/h1-3H2,6H3. The molecular formula is C4H9ClGeO2. The maximum absolute atomic E-state index is 5.81. The Bertz CT molecular complexity index is 78.1. The van der Waals surface area contributed by atoms with E-state index in [0.717, 1.165) is 0 Å². The van der Waals surface area contributed by atoms with E-state index in [9.17, 15) is 0 Å². The SMILES string of the molecule is Cl[C]1([GeH3])COCCO1. The summed E-state index contributed by atoms with van der Waals surface area (Å²) in [5.41, 5.74) is 0. The minimum atomic E-state index is -0.384. The van der Waals surface area contributed by atoms with Crippen molar-refractivity contribution in [3.05, 3.63) is 0 Å². The van der Waals surface area contributed by atoms with E-state index in [1.165, 1.54) is 0 Å². The Balaban J connectivity index is 2.33. The first-order valence-corrected chi connectivity index (χ1v) is 5.09. The van der Waals surface area contributed by atoms with E-state index in [0.29, 0.717) is 36.3 Å². The van der Waals surface area contributed by atoms with Crippen LogP contribution in [0.5, 0.6) is 0 Å². The molecule has 0 spiro atoms. The summed E-state index contributed by atoms with van der Waals surface area (Å²) in [7, 11) is 0. The summed E-state index contributed by atoms with van der Waals surface area (Å²) >= 11 is 6.30. The van der Waals surface area contributed by atoms with Gasteiger partial charge in [-0.15, -0.1) is 0 Å². The van der Waals surface area contributed by atoms with Crippen LogP contribution < -0.4 is 0 Å².